The van der Waals surface area contributed by atoms with Crippen LogP contribution in [0.2, 0.25) is 0 Å². The van der Waals surface area contributed by atoms with Crippen molar-refractivity contribution in [3.8, 4) is 5.88 Å². The number of nitrogens with zero attached hydrogens (tertiary/aromatic N) is 4. The number of carbonyl (C=O) groups is 2. The molecule has 3 heterocycles. The largest absolute Gasteiger partial charge is 0.478 e. The van der Waals surface area contributed by atoms with Gasteiger partial charge in [0, 0.05) is 69.2 Å². The maximum Gasteiger partial charge on any atom is 0.328 e. The highest BCUT2D eigenvalue weighted by Gasteiger charge is 2.24. The van der Waals surface area contributed by atoms with Gasteiger partial charge in [0.15, 0.2) is 0 Å². The minimum absolute atomic E-state index is 0.558. The topological polar surface area (TPSA) is 108 Å². The van der Waals surface area contributed by atoms with E-state index in [1.54, 1.807) is 0 Å². The van der Waals surface area contributed by atoms with E-state index in [4.69, 9.17) is 14.9 Å². The Hall–Kier alpha value is -2.39. The fourth-order valence-electron chi connectivity index (χ4n) is 4.87. The Bertz CT molecular complexity index is 740. The van der Waals surface area contributed by atoms with Crippen molar-refractivity contribution in [3.63, 3.8) is 0 Å². The summed E-state index contributed by atoms with van der Waals surface area (Å²) in [7, 11) is 0. The number of carboxylic acids is 2. The van der Waals surface area contributed by atoms with Gasteiger partial charge >= 0.3 is 11.9 Å². The van der Waals surface area contributed by atoms with Gasteiger partial charge in [-0.15, -0.1) is 5.10 Å². The van der Waals surface area contributed by atoms with Crippen molar-refractivity contribution in [2.24, 2.45) is 0 Å². The second kappa shape index (κ2) is 13.3. The normalized spacial score (nSPS) is 20.1. The molecule has 184 valence electrons. The summed E-state index contributed by atoms with van der Waals surface area (Å²) in [6.07, 6.45) is 13.1. The lowest BCUT2D eigenvalue weighted by molar-refractivity contribution is -0.134. The van der Waals surface area contributed by atoms with Gasteiger partial charge in [0.05, 0.1) is 6.61 Å². The van der Waals surface area contributed by atoms with Gasteiger partial charge in [-0.1, -0.05) is 19.3 Å². The summed E-state index contributed by atoms with van der Waals surface area (Å²) >= 11 is 0. The molecular weight excluding hydrogens is 424 g/mol. The lowest BCUT2D eigenvalue weighted by Crippen LogP contribution is -2.50. The molecule has 0 unspecified atom stereocenters. The zero-order chi connectivity index (χ0) is 23.5. The molecule has 1 aromatic rings. The molecule has 0 atom stereocenters. The molecule has 0 aromatic carbocycles. The number of hydrogen-bond donors (Lipinski definition) is 2. The molecule has 9 nitrogen and oxygen atoms in total. The fourth-order valence-corrected chi connectivity index (χ4v) is 4.87. The molecule has 0 radical (unpaired) electrons. The van der Waals surface area contributed by atoms with Crippen LogP contribution in [0.5, 0.6) is 5.88 Å². The molecule has 1 aromatic heterocycles. The lowest BCUT2D eigenvalue weighted by atomic mass is 9.94. The van der Waals surface area contributed by atoms with Crippen LogP contribution in [0.1, 0.15) is 57.1 Å². The number of hydrogen-bond acceptors (Lipinski definition) is 6. The van der Waals surface area contributed by atoms with Crippen LogP contribution in [0.25, 0.3) is 0 Å². The van der Waals surface area contributed by atoms with Crippen LogP contribution in [-0.4, -0.2) is 87.1 Å². The van der Waals surface area contributed by atoms with E-state index < -0.39 is 11.9 Å². The molecule has 1 saturated carbocycles. The van der Waals surface area contributed by atoms with Gasteiger partial charge in [-0.05, 0) is 38.5 Å². The van der Waals surface area contributed by atoms with Crippen LogP contribution in [-0.2, 0) is 22.6 Å². The van der Waals surface area contributed by atoms with E-state index in [1.165, 1.54) is 76.8 Å². The SMILES string of the molecule is O=C(O)C=CC(=O)O.c1c(OCCCN2CCN(C3CCCCC3)CC2)nn2c1CCCC2. The highest BCUT2D eigenvalue weighted by molar-refractivity contribution is 5.89. The van der Waals surface area contributed by atoms with E-state index in [2.05, 4.69) is 25.6 Å². The summed E-state index contributed by atoms with van der Waals surface area (Å²) in [4.78, 5) is 24.5. The van der Waals surface area contributed by atoms with E-state index in [0.29, 0.717) is 12.2 Å². The smallest absolute Gasteiger partial charge is 0.328 e. The fraction of sp³-hybridized carbons (Fsp3) is 0.708. The molecule has 33 heavy (non-hydrogen) atoms. The van der Waals surface area contributed by atoms with E-state index in [9.17, 15) is 9.59 Å². The Balaban J connectivity index is 0.000000331. The second-order valence-corrected chi connectivity index (χ2v) is 9.04. The summed E-state index contributed by atoms with van der Waals surface area (Å²) in [5, 5.41) is 20.2. The summed E-state index contributed by atoms with van der Waals surface area (Å²) in [6.45, 7) is 8.00. The Morgan fingerprint density at radius 2 is 1.67 bits per heavy atom. The summed E-state index contributed by atoms with van der Waals surface area (Å²) in [6, 6.07) is 3.02. The number of piperazine rings is 1. The second-order valence-electron chi connectivity index (χ2n) is 9.04. The maximum atomic E-state index is 9.55. The van der Waals surface area contributed by atoms with Gasteiger partial charge in [0.2, 0.25) is 5.88 Å². The number of aliphatic carboxylic acids is 2. The zero-order valence-corrected chi connectivity index (χ0v) is 19.5. The van der Waals surface area contributed by atoms with Crippen LogP contribution < -0.4 is 4.74 Å². The quantitative estimate of drug-likeness (QED) is 0.448. The Morgan fingerprint density at radius 3 is 2.30 bits per heavy atom. The Kier molecular flexibility index (Phi) is 10.2. The Morgan fingerprint density at radius 1 is 0.970 bits per heavy atom. The zero-order valence-electron chi connectivity index (χ0n) is 19.5. The number of ether oxygens (including phenoxy) is 1. The average Bonchev–Trinajstić information content (AvgIpc) is 3.25. The molecule has 9 heteroatoms. The molecule has 2 aliphatic heterocycles. The van der Waals surface area contributed by atoms with E-state index in [1.807, 2.05) is 0 Å². The summed E-state index contributed by atoms with van der Waals surface area (Å²) in [5.41, 5.74) is 1.35. The number of rotatable bonds is 8. The summed E-state index contributed by atoms with van der Waals surface area (Å²) in [5.74, 6) is -1.68. The van der Waals surface area contributed by atoms with Gasteiger partial charge in [-0.25, -0.2) is 9.59 Å². The van der Waals surface area contributed by atoms with Crippen molar-refractivity contribution in [1.82, 2.24) is 19.6 Å². The molecule has 2 fully saturated rings. The lowest BCUT2D eigenvalue weighted by Gasteiger charge is -2.40. The first-order valence-corrected chi connectivity index (χ1v) is 12.3. The van der Waals surface area contributed by atoms with E-state index >= 15 is 0 Å². The molecule has 0 amide bonds. The molecule has 3 aliphatic rings. The predicted molar refractivity (Wildman–Crippen MR) is 125 cm³/mol. The number of aromatic nitrogens is 2. The predicted octanol–water partition coefficient (Wildman–Crippen LogP) is 2.65. The molecule has 1 saturated heterocycles. The van der Waals surface area contributed by atoms with E-state index in [0.717, 1.165) is 44.5 Å². The van der Waals surface area contributed by atoms with Gasteiger partial charge in [0.25, 0.3) is 0 Å². The van der Waals surface area contributed by atoms with Crippen LogP contribution in [0, 0.1) is 0 Å². The van der Waals surface area contributed by atoms with Crippen molar-refractivity contribution in [1.29, 1.82) is 0 Å². The van der Waals surface area contributed by atoms with Gasteiger partial charge in [0.1, 0.15) is 0 Å². The van der Waals surface area contributed by atoms with Crippen molar-refractivity contribution in [2.75, 3.05) is 39.3 Å². The monoisotopic (exact) mass is 462 g/mol. The number of fused-ring (bicyclic) bond motifs is 1. The third-order valence-electron chi connectivity index (χ3n) is 6.63. The highest BCUT2D eigenvalue weighted by atomic mass is 16.5. The standard InChI is InChI=1S/C20H34N4O.C4H4O4/c1-2-7-18(8-3-1)23-14-12-22(13-15-23)10-6-16-25-20-17-19-9-4-5-11-24(19)21-20;5-3(6)1-2-4(7)8/h17-18H,1-16H2;1-2H,(H,5,6)(H,7,8). The summed E-state index contributed by atoms with van der Waals surface area (Å²) < 4.78 is 8.03. The van der Waals surface area contributed by atoms with Crippen LogP contribution in [0.15, 0.2) is 18.2 Å². The third-order valence-corrected chi connectivity index (χ3v) is 6.63. The molecule has 0 spiro atoms. The minimum atomic E-state index is -1.26. The number of carboxylic acid groups (broad SMARTS) is 2. The van der Waals surface area contributed by atoms with E-state index in [-0.39, 0.29) is 0 Å². The van der Waals surface area contributed by atoms with Crippen LogP contribution >= 0.6 is 0 Å². The number of aryl methyl sites for hydroxylation is 2. The molecule has 0 bridgehead atoms. The average molecular weight is 463 g/mol. The van der Waals surface area contributed by atoms with Crippen molar-refractivity contribution in [2.45, 2.75) is 70.4 Å². The van der Waals surface area contributed by atoms with Crippen molar-refractivity contribution in [3.05, 3.63) is 23.9 Å². The Labute approximate surface area is 196 Å². The van der Waals surface area contributed by atoms with Crippen molar-refractivity contribution < 1.29 is 24.5 Å². The third kappa shape index (κ3) is 8.81. The van der Waals surface area contributed by atoms with Gasteiger partial charge in [-0.3, -0.25) is 9.58 Å². The molecule has 1 aliphatic carbocycles. The van der Waals surface area contributed by atoms with Gasteiger partial charge in [-0.2, -0.15) is 0 Å². The first kappa shape index (κ1) is 25.2. The minimum Gasteiger partial charge on any atom is -0.478 e. The van der Waals surface area contributed by atoms with Crippen LogP contribution in [0.3, 0.4) is 0 Å². The van der Waals surface area contributed by atoms with Gasteiger partial charge < -0.3 is 19.8 Å². The molecule has 4 rings (SSSR count). The molecule has 2 N–H and O–H groups in total. The maximum absolute atomic E-state index is 9.55. The molecular formula is C24H38N4O5. The first-order chi connectivity index (χ1) is 16.0. The highest BCUT2D eigenvalue weighted by Crippen LogP contribution is 2.23. The van der Waals surface area contributed by atoms with Crippen molar-refractivity contribution >= 4 is 11.9 Å². The first-order valence-electron chi connectivity index (χ1n) is 12.3. The van der Waals surface area contributed by atoms with Crippen LogP contribution in [0.4, 0.5) is 0 Å².